The molecule has 1 aromatic heterocycles. The molecule has 0 aliphatic rings. The average Bonchev–Trinajstić information content (AvgIpc) is 2.79. The van der Waals surface area contributed by atoms with E-state index in [0.717, 1.165) is 6.54 Å². The van der Waals surface area contributed by atoms with Gasteiger partial charge in [0, 0.05) is 6.20 Å². The predicted molar refractivity (Wildman–Crippen MR) is 56.1 cm³/mol. The third kappa shape index (κ3) is 3.18. The number of aromatic nitrogens is 3. The van der Waals surface area contributed by atoms with Crippen LogP contribution in [0.3, 0.4) is 0 Å². The van der Waals surface area contributed by atoms with Crippen molar-refractivity contribution in [1.29, 1.82) is 0 Å². The summed E-state index contributed by atoms with van der Waals surface area (Å²) in [5.74, 6) is 0. The highest BCUT2D eigenvalue weighted by atomic mass is 16.5. The fourth-order valence-corrected chi connectivity index (χ4v) is 1.27. The molecule has 4 nitrogen and oxygen atoms in total. The Morgan fingerprint density at radius 2 is 2.07 bits per heavy atom. The number of hydrogen-bond donors (Lipinski definition) is 0. The molecule has 0 saturated heterocycles. The smallest absolute Gasteiger partial charge is 0.0717 e. The first-order valence-corrected chi connectivity index (χ1v) is 4.91. The summed E-state index contributed by atoms with van der Waals surface area (Å²) >= 11 is 0. The minimum Gasteiger partial charge on any atom is -0.375 e. The Labute approximate surface area is 88.5 Å². The van der Waals surface area contributed by atoms with E-state index in [0.29, 0.717) is 13.2 Å². The van der Waals surface area contributed by atoms with Crippen LogP contribution >= 0.6 is 0 Å². The zero-order chi connectivity index (χ0) is 10.3. The first kappa shape index (κ1) is 9.86. The topological polar surface area (TPSA) is 39.9 Å². The predicted octanol–water partition coefficient (Wildman–Crippen LogP) is 1.49. The molecule has 1 heterocycles. The van der Waals surface area contributed by atoms with Crippen molar-refractivity contribution in [3.05, 3.63) is 48.3 Å². The van der Waals surface area contributed by atoms with Crippen molar-refractivity contribution in [2.24, 2.45) is 0 Å². The van der Waals surface area contributed by atoms with Crippen LogP contribution in [0.5, 0.6) is 0 Å². The van der Waals surface area contributed by atoms with Gasteiger partial charge in [-0.25, -0.2) is 0 Å². The van der Waals surface area contributed by atoms with Crippen LogP contribution in [0, 0.1) is 0 Å². The highest BCUT2D eigenvalue weighted by Gasteiger charge is 1.93. The zero-order valence-corrected chi connectivity index (χ0v) is 8.41. The largest absolute Gasteiger partial charge is 0.375 e. The van der Waals surface area contributed by atoms with E-state index in [1.165, 1.54) is 5.56 Å². The molecule has 0 N–H and O–H groups in total. The van der Waals surface area contributed by atoms with Crippen molar-refractivity contribution in [3.8, 4) is 0 Å². The Hall–Kier alpha value is -1.68. The normalized spacial score (nSPS) is 10.4. The first-order chi connectivity index (χ1) is 7.45. The molecule has 0 aliphatic heterocycles. The highest BCUT2D eigenvalue weighted by Crippen LogP contribution is 2.00. The molecular formula is C11H13N3O. The van der Waals surface area contributed by atoms with Crippen LogP contribution in [0.4, 0.5) is 0 Å². The number of benzene rings is 1. The fourth-order valence-electron chi connectivity index (χ4n) is 1.27. The molecule has 78 valence electrons. The molecule has 0 saturated carbocycles. The summed E-state index contributed by atoms with van der Waals surface area (Å²) in [5, 5.41) is 7.56. The summed E-state index contributed by atoms with van der Waals surface area (Å²) in [5.41, 5.74) is 1.19. The second-order valence-electron chi connectivity index (χ2n) is 3.20. The molecular weight excluding hydrogens is 190 g/mol. The first-order valence-electron chi connectivity index (χ1n) is 4.91. The monoisotopic (exact) mass is 203 g/mol. The van der Waals surface area contributed by atoms with Gasteiger partial charge in [-0.1, -0.05) is 35.5 Å². The van der Waals surface area contributed by atoms with Crippen LogP contribution in [0.15, 0.2) is 42.7 Å². The van der Waals surface area contributed by atoms with Gasteiger partial charge in [0.2, 0.25) is 0 Å². The van der Waals surface area contributed by atoms with Crippen molar-refractivity contribution < 1.29 is 4.74 Å². The number of ether oxygens (including phenoxy) is 1. The molecule has 2 rings (SSSR count). The van der Waals surface area contributed by atoms with Crippen molar-refractivity contribution in [3.63, 3.8) is 0 Å². The molecule has 0 unspecified atom stereocenters. The van der Waals surface area contributed by atoms with Gasteiger partial charge in [-0.2, -0.15) is 0 Å². The Morgan fingerprint density at radius 1 is 1.20 bits per heavy atom. The Kier molecular flexibility index (Phi) is 3.46. The number of hydrogen-bond acceptors (Lipinski definition) is 3. The van der Waals surface area contributed by atoms with Gasteiger partial charge in [0.15, 0.2) is 0 Å². The zero-order valence-electron chi connectivity index (χ0n) is 8.41. The maximum atomic E-state index is 5.50. The van der Waals surface area contributed by atoms with Crippen molar-refractivity contribution in [2.45, 2.75) is 13.2 Å². The van der Waals surface area contributed by atoms with Gasteiger partial charge < -0.3 is 4.74 Å². The molecule has 0 amide bonds. The lowest BCUT2D eigenvalue weighted by molar-refractivity contribution is 0.110. The molecule has 0 radical (unpaired) electrons. The maximum Gasteiger partial charge on any atom is 0.0717 e. The molecule has 0 aliphatic carbocycles. The molecule has 0 spiro atoms. The van der Waals surface area contributed by atoms with E-state index < -0.39 is 0 Å². The molecule has 0 atom stereocenters. The minimum absolute atomic E-state index is 0.648. The summed E-state index contributed by atoms with van der Waals surface area (Å²) < 4.78 is 7.26. The van der Waals surface area contributed by atoms with Crippen molar-refractivity contribution in [1.82, 2.24) is 15.0 Å². The van der Waals surface area contributed by atoms with Gasteiger partial charge in [-0.05, 0) is 5.56 Å². The molecule has 1 aromatic carbocycles. The second kappa shape index (κ2) is 5.26. The van der Waals surface area contributed by atoms with Gasteiger partial charge in [0.25, 0.3) is 0 Å². The lowest BCUT2D eigenvalue weighted by Gasteiger charge is -2.03. The van der Waals surface area contributed by atoms with Crippen LogP contribution in [0.1, 0.15) is 5.56 Å². The van der Waals surface area contributed by atoms with Gasteiger partial charge in [-0.15, -0.1) is 5.10 Å². The van der Waals surface area contributed by atoms with Gasteiger partial charge in [-0.3, -0.25) is 4.68 Å². The van der Waals surface area contributed by atoms with E-state index in [2.05, 4.69) is 22.4 Å². The van der Waals surface area contributed by atoms with Crippen LogP contribution < -0.4 is 0 Å². The SMILES string of the molecule is c1ccc(COCCn2ccnn2)cc1. The van der Waals surface area contributed by atoms with Crippen molar-refractivity contribution in [2.75, 3.05) is 6.61 Å². The van der Waals surface area contributed by atoms with E-state index in [-0.39, 0.29) is 0 Å². The Bertz CT molecular complexity index is 372. The van der Waals surface area contributed by atoms with Crippen LogP contribution in [-0.4, -0.2) is 21.6 Å². The molecule has 4 heteroatoms. The van der Waals surface area contributed by atoms with E-state index in [9.17, 15) is 0 Å². The summed E-state index contributed by atoms with van der Waals surface area (Å²) in [6.45, 7) is 2.04. The molecule has 0 bridgehead atoms. The quantitative estimate of drug-likeness (QED) is 0.691. The van der Waals surface area contributed by atoms with Crippen LogP contribution in [0.2, 0.25) is 0 Å². The molecule has 15 heavy (non-hydrogen) atoms. The maximum absolute atomic E-state index is 5.50. The van der Waals surface area contributed by atoms with E-state index in [1.807, 2.05) is 24.4 Å². The lowest BCUT2D eigenvalue weighted by Crippen LogP contribution is -2.06. The third-order valence-corrected chi connectivity index (χ3v) is 2.05. The molecule has 0 fully saturated rings. The lowest BCUT2D eigenvalue weighted by atomic mass is 10.2. The minimum atomic E-state index is 0.648. The van der Waals surface area contributed by atoms with E-state index in [1.54, 1.807) is 10.9 Å². The summed E-state index contributed by atoms with van der Waals surface area (Å²) in [4.78, 5) is 0. The second-order valence-corrected chi connectivity index (χ2v) is 3.20. The Morgan fingerprint density at radius 3 is 2.80 bits per heavy atom. The Balaban J connectivity index is 1.68. The van der Waals surface area contributed by atoms with Gasteiger partial charge in [0.05, 0.1) is 26.0 Å². The standard InChI is InChI=1S/C11H13N3O/c1-2-4-11(5-3-1)10-15-9-8-14-7-6-12-13-14/h1-7H,8-10H2. The number of nitrogens with zero attached hydrogens (tertiary/aromatic N) is 3. The van der Waals surface area contributed by atoms with E-state index in [4.69, 9.17) is 4.74 Å². The van der Waals surface area contributed by atoms with Crippen LogP contribution in [0.25, 0.3) is 0 Å². The van der Waals surface area contributed by atoms with Gasteiger partial charge >= 0.3 is 0 Å². The van der Waals surface area contributed by atoms with Crippen molar-refractivity contribution >= 4 is 0 Å². The summed E-state index contributed by atoms with van der Waals surface area (Å²) in [6.07, 6.45) is 3.49. The average molecular weight is 203 g/mol. The number of rotatable bonds is 5. The van der Waals surface area contributed by atoms with Crippen LogP contribution in [-0.2, 0) is 17.9 Å². The highest BCUT2D eigenvalue weighted by molar-refractivity contribution is 5.13. The van der Waals surface area contributed by atoms with E-state index >= 15 is 0 Å². The molecule has 2 aromatic rings. The summed E-state index contributed by atoms with van der Waals surface area (Å²) in [6, 6.07) is 10.1. The third-order valence-electron chi connectivity index (χ3n) is 2.05. The summed E-state index contributed by atoms with van der Waals surface area (Å²) in [7, 11) is 0. The van der Waals surface area contributed by atoms with Gasteiger partial charge in [0.1, 0.15) is 0 Å². The fraction of sp³-hybridized carbons (Fsp3) is 0.273.